The zero-order valence-corrected chi connectivity index (χ0v) is 18.6. The number of hydrogen-bond donors (Lipinski definition) is 0. The van der Waals surface area contributed by atoms with Crippen molar-refractivity contribution >= 4 is 31.7 Å². The third kappa shape index (κ3) is 3.65. The van der Waals surface area contributed by atoms with E-state index < -0.39 is 9.84 Å². The summed E-state index contributed by atoms with van der Waals surface area (Å²) in [6.45, 7) is 0. The fourth-order valence-corrected chi connectivity index (χ4v) is 6.79. The second-order valence-corrected chi connectivity index (χ2v) is 11.5. The Morgan fingerprint density at radius 2 is 1.93 bits per heavy atom. The van der Waals surface area contributed by atoms with Crippen molar-refractivity contribution in [2.45, 2.75) is 57.0 Å². The monoisotopic (exact) mass is 477 g/mol. The second kappa shape index (κ2) is 7.23. The van der Waals surface area contributed by atoms with Crippen molar-refractivity contribution in [1.29, 1.82) is 0 Å². The molecule has 1 atom stereocenters. The largest absolute Gasteiger partial charge is 0.330 e. The molecule has 1 saturated carbocycles. The molecule has 154 valence electrons. The van der Waals surface area contributed by atoms with E-state index in [0.29, 0.717) is 12.1 Å². The van der Waals surface area contributed by atoms with Gasteiger partial charge in [0.1, 0.15) is 0 Å². The van der Waals surface area contributed by atoms with E-state index in [1.54, 1.807) is 0 Å². The minimum atomic E-state index is -3.05. The summed E-state index contributed by atoms with van der Waals surface area (Å²) in [4.78, 5) is 15.5. The molecular weight excluding hydrogens is 454 g/mol. The maximum absolute atomic E-state index is 13.7. The highest BCUT2D eigenvalue weighted by atomic mass is 79.9. The van der Waals surface area contributed by atoms with Crippen molar-refractivity contribution in [1.82, 2.24) is 14.7 Å². The van der Waals surface area contributed by atoms with Crippen LogP contribution in [0.5, 0.6) is 0 Å². The number of fused-ring (bicyclic) bond motifs is 1. The Morgan fingerprint density at radius 3 is 2.62 bits per heavy atom. The predicted octanol–water partition coefficient (Wildman–Crippen LogP) is 3.31. The van der Waals surface area contributed by atoms with Crippen molar-refractivity contribution in [2.75, 3.05) is 11.5 Å². The molecule has 1 unspecified atom stereocenters. The maximum atomic E-state index is 13.7. The molecule has 5 rings (SSSR count). The summed E-state index contributed by atoms with van der Waals surface area (Å²) in [6.07, 6.45) is 6.36. The van der Waals surface area contributed by atoms with E-state index in [0.717, 1.165) is 59.9 Å². The van der Waals surface area contributed by atoms with E-state index in [4.69, 9.17) is 5.10 Å². The molecule has 2 heterocycles. The summed E-state index contributed by atoms with van der Waals surface area (Å²) in [5.41, 5.74) is 3.63. The van der Waals surface area contributed by atoms with Crippen molar-refractivity contribution < 1.29 is 13.2 Å². The quantitative estimate of drug-likeness (QED) is 0.676. The average Bonchev–Trinajstić information content (AvgIpc) is 3.34. The summed E-state index contributed by atoms with van der Waals surface area (Å²) >= 11 is 3.52. The van der Waals surface area contributed by atoms with Crippen molar-refractivity contribution in [2.24, 2.45) is 0 Å². The van der Waals surface area contributed by atoms with Gasteiger partial charge in [0.2, 0.25) is 0 Å². The lowest BCUT2D eigenvalue weighted by atomic mass is 9.95. The molecule has 6 nitrogen and oxygen atoms in total. The van der Waals surface area contributed by atoms with Gasteiger partial charge in [0.05, 0.1) is 17.2 Å². The minimum Gasteiger partial charge on any atom is -0.330 e. The predicted molar refractivity (Wildman–Crippen MR) is 114 cm³/mol. The molecule has 2 aromatic rings. The third-order valence-corrected chi connectivity index (χ3v) is 8.46. The third-order valence-electron chi connectivity index (χ3n) is 6.21. The van der Waals surface area contributed by atoms with Crippen molar-refractivity contribution in [3.63, 3.8) is 0 Å². The van der Waals surface area contributed by atoms with E-state index in [2.05, 4.69) is 15.9 Å². The smallest absolute Gasteiger partial charge is 0.275 e. The first-order chi connectivity index (χ1) is 13.9. The van der Waals surface area contributed by atoms with Gasteiger partial charge in [-0.15, -0.1) is 0 Å². The number of nitrogens with zero attached hydrogens (tertiary/aromatic N) is 3. The molecular formula is C21H24BrN3O3S. The van der Waals surface area contributed by atoms with Crippen LogP contribution in [0.25, 0.3) is 5.69 Å². The Bertz CT molecular complexity index is 1070. The molecule has 2 aliphatic carbocycles. The van der Waals surface area contributed by atoms with Crippen LogP contribution >= 0.6 is 15.9 Å². The number of halogens is 1. The van der Waals surface area contributed by atoms with Gasteiger partial charge in [-0.3, -0.25) is 4.79 Å². The van der Waals surface area contributed by atoms with E-state index in [1.807, 2.05) is 33.8 Å². The molecule has 1 aromatic carbocycles. The van der Waals surface area contributed by atoms with Crippen LogP contribution in [0.3, 0.4) is 0 Å². The van der Waals surface area contributed by atoms with Gasteiger partial charge in [-0.25, -0.2) is 13.1 Å². The highest BCUT2D eigenvalue weighted by Gasteiger charge is 2.44. The lowest BCUT2D eigenvalue weighted by Gasteiger charge is -2.28. The molecule has 3 aliphatic rings. The number of sulfone groups is 1. The van der Waals surface area contributed by atoms with E-state index in [-0.39, 0.29) is 29.5 Å². The van der Waals surface area contributed by atoms with Gasteiger partial charge in [-0.05, 0) is 63.1 Å². The van der Waals surface area contributed by atoms with Crippen LogP contribution in [0.1, 0.15) is 53.8 Å². The van der Waals surface area contributed by atoms with Crippen LogP contribution in [0.15, 0.2) is 28.7 Å². The Morgan fingerprint density at radius 1 is 1.14 bits per heavy atom. The zero-order valence-electron chi connectivity index (χ0n) is 16.2. The molecule has 1 aromatic heterocycles. The number of carbonyl (C=O) groups is 1. The van der Waals surface area contributed by atoms with E-state index in [9.17, 15) is 13.2 Å². The lowest BCUT2D eigenvalue weighted by Crippen LogP contribution is -2.43. The van der Waals surface area contributed by atoms with Crippen molar-refractivity contribution in [3.8, 4) is 5.69 Å². The minimum absolute atomic E-state index is 0.0819. The normalized spacial score (nSPS) is 23.0. The molecule has 29 heavy (non-hydrogen) atoms. The SMILES string of the molecule is O=C(c1nn(-c2cccc(Br)c2)c2c1CCCC2)N(C1CC1)C1CCS(=O)(=O)C1. The topological polar surface area (TPSA) is 72.3 Å². The van der Waals surface area contributed by atoms with Gasteiger partial charge >= 0.3 is 0 Å². The maximum Gasteiger partial charge on any atom is 0.275 e. The standard InChI is InChI=1S/C21H24BrN3O3S/c22-14-4-3-5-16(12-14)25-19-7-2-1-6-18(19)20(23-25)21(26)24(15-8-9-15)17-10-11-29(27,28)13-17/h3-5,12,15,17H,1-2,6-11,13H2. The summed E-state index contributed by atoms with van der Waals surface area (Å²) in [6, 6.07) is 7.91. The lowest BCUT2D eigenvalue weighted by molar-refractivity contribution is 0.0673. The molecule has 8 heteroatoms. The molecule has 0 N–H and O–H groups in total. The summed E-state index contributed by atoms with van der Waals surface area (Å²) < 4.78 is 27.0. The highest BCUT2D eigenvalue weighted by molar-refractivity contribution is 9.10. The molecule has 2 fully saturated rings. The molecule has 0 radical (unpaired) electrons. The van der Waals surface area contributed by atoms with Gasteiger partial charge in [-0.2, -0.15) is 5.10 Å². The van der Waals surface area contributed by atoms with Crippen LogP contribution < -0.4 is 0 Å². The Balaban J connectivity index is 1.55. The van der Waals surface area contributed by atoms with Crippen LogP contribution in [-0.4, -0.2) is 52.6 Å². The molecule has 1 saturated heterocycles. The second-order valence-electron chi connectivity index (χ2n) is 8.37. The molecule has 1 amide bonds. The molecule has 1 aliphatic heterocycles. The van der Waals surface area contributed by atoms with Gasteiger partial charge in [0.25, 0.3) is 5.91 Å². The number of rotatable bonds is 4. The Kier molecular flexibility index (Phi) is 4.81. The number of carbonyl (C=O) groups excluding carboxylic acids is 1. The summed E-state index contributed by atoms with van der Waals surface area (Å²) in [7, 11) is -3.05. The number of aromatic nitrogens is 2. The van der Waals surface area contributed by atoms with Gasteiger partial charge < -0.3 is 4.90 Å². The van der Waals surface area contributed by atoms with Gasteiger partial charge in [0, 0.05) is 27.8 Å². The summed E-state index contributed by atoms with van der Waals surface area (Å²) in [5, 5.41) is 4.80. The van der Waals surface area contributed by atoms with Crippen LogP contribution in [0.2, 0.25) is 0 Å². The molecule has 0 bridgehead atoms. The van der Waals surface area contributed by atoms with E-state index in [1.165, 1.54) is 0 Å². The number of hydrogen-bond acceptors (Lipinski definition) is 4. The first-order valence-electron chi connectivity index (χ1n) is 10.3. The number of benzene rings is 1. The highest BCUT2D eigenvalue weighted by Crippen LogP contribution is 2.35. The average molecular weight is 478 g/mol. The first kappa shape index (κ1) is 19.3. The molecule has 0 spiro atoms. The fourth-order valence-electron chi connectivity index (χ4n) is 4.69. The first-order valence-corrected chi connectivity index (χ1v) is 12.9. The van der Waals surface area contributed by atoms with E-state index >= 15 is 0 Å². The van der Waals surface area contributed by atoms with Gasteiger partial charge in [-0.1, -0.05) is 22.0 Å². The Hall–Kier alpha value is -1.67. The Labute approximate surface area is 179 Å². The van der Waals surface area contributed by atoms with Gasteiger partial charge in [0.15, 0.2) is 15.5 Å². The zero-order chi connectivity index (χ0) is 20.2. The van der Waals surface area contributed by atoms with Crippen LogP contribution in [0.4, 0.5) is 0 Å². The van der Waals surface area contributed by atoms with Crippen LogP contribution in [0, 0.1) is 0 Å². The van der Waals surface area contributed by atoms with Crippen LogP contribution in [-0.2, 0) is 22.7 Å². The fraction of sp³-hybridized carbons (Fsp3) is 0.524. The summed E-state index contributed by atoms with van der Waals surface area (Å²) in [5.74, 6) is 0.184. The van der Waals surface area contributed by atoms with Crippen molar-refractivity contribution in [3.05, 3.63) is 45.7 Å². The number of amides is 1.